The van der Waals surface area contributed by atoms with Crippen LogP contribution in [0.3, 0.4) is 0 Å². The van der Waals surface area contributed by atoms with Crippen LogP contribution < -0.4 is 0 Å². The van der Waals surface area contributed by atoms with E-state index in [4.69, 9.17) is 0 Å². The summed E-state index contributed by atoms with van der Waals surface area (Å²) in [4.78, 5) is 2.34. The first-order chi connectivity index (χ1) is 5.25. The lowest BCUT2D eigenvalue weighted by atomic mass is 9.80. The number of hydrogen-bond donors (Lipinski definition) is 1. The zero-order valence-corrected chi connectivity index (χ0v) is 8.89. The second-order valence-corrected chi connectivity index (χ2v) is 5.13. The van der Waals surface area contributed by atoms with Crippen LogP contribution in [-0.4, -0.2) is 34.2 Å². The SMILES string of the molecule is CC1CN(C(C)(C)C(C)(C)O)C1. The first kappa shape index (κ1) is 10.0. The Bertz CT molecular complexity index is 163. The fraction of sp³-hybridized carbons (Fsp3) is 1.00. The molecule has 12 heavy (non-hydrogen) atoms. The van der Waals surface area contributed by atoms with Gasteiger partial charge in [0.05, 0.1) is 5.60 Å². The molecule has 0 atom stereocenters. The molecule has 2 nitrogen and oxygen atoms in total. The standard InChI is InChI=1S/C10H21NO/c1-8-6-11(7-8)9(2,3)10(4,5)12/h8,12H,6-7H2,1-5H3. The van der Waals surface area contributed by atoms with Crippen LogP contribution in [0.2, 0.25) is 0 Å². The third-order valence-corrected chi connectivity index (χ3v) is 3.35. The van der Waals surface area contributed by atoms with Gasteiger partial charge in [-0.2, -0.15) is 0 Å². The maximum absolute atomic E-state index is 9.93. The van der Waals surface area contributed by atoms with E-state index in [9.17, 15) is 5.11 Å². The number of likely N-dealkylation sites (tertiary alicyclic amines) is 1. The minimum Gasteiger partial charge on any atom is -0.389 e. The second-order valence-electron chi connectivity index (χ2n) is 5.13. The van der Waals surface area contributed by atoms with Gasteiger partial charge in [-0.05, 0) is 33.6 Å². The second kappa shape index (κ2) is 2.71. The van der Waals surface area contributed by atoms with E-state index in [-0.39, 0.29) is 5.54 Å². The van der Waals surface area contributed by atoms with Crippen molar-refractivity contribution in [2.45, 2.75) is 45.8 Å². The molecule has 1 heterocycles. The van der Waals surface area contributed by atoms with E-state index in [0.29, 0.717) is 0 Å². The average Bonchev–Trinajstić information content (AvgIpc) is 1.78. The fourth-order valence-corrected chi connectivity index (χ4v) is 1.54. The van der Waals surface area contributed by atoms with Crippen LogP contribution in [0.5, 0.6) is 0 Å². The van der Waals surface area contributed by atoms with Gasteiger partial charge < -0.3 is 5.11 Å². The molecule has 0 aromatic rings. The Hall–Kier alpha value is -0.0800. The Kier molecular flexibility index (Phi) is 2.26. The van der Waals surface area contributed by atoms with Crippen LogP contribution in [0, 0.1) is 5.92 Å². The Morgan fingerprint density at radius 3 is 1.83 bits per heavy atom. The predicted octanol–water partition coefficient (Wildman–Crippen LogP) is 1.49. The third-order valence-electron chi connectivity index (χ3n) is 3.35. The quantitative estimate of drug-likeness (QED) is 0.680. The van der Waals surface area contributed by atoms with Crippen LogP contribution in [-0.2, 0) is 0 Å². The molecule has 1 saturated heterocycles. The van der Waals surface area contributed by atoms with Crippen molar-refractivity contribution in [3.63, 3.8) is 0 Å². The van der Waals surface area contributed by atoms with Gasteiger partial charge in [0, 0.05) is 18.6 Å². The summed E-state index contributed by atoms with van der Waals surface area (Å²) in [5.74, 6) is 0.798. The van der Waals surface area contributed by atoms with Crippen molar-refractivity contribution >= 4 is 0 Å². The summed E-state index contributed by atoms with van der Waals surface area (Å²) in [6, 6.07) is 0. The van der Waals surface area contributed by atoms with Crippen molar-refractivity contribution in [3.05, 3.63) is 0 Å². The van der Waals surface area contributed by atoms with Gasteiger partial charge in [0.15, 0.2) is 0 Å². The lowest BCUT2D eigenvalue weighted by Gasteiger charge is -2.53. The summed E-state index contributed by atoms with van der Waals surface area (Å²) in [7, 11) is 0. The Morgan fingerprint density at radius 2 is 1.58 bits per heavy atom. The smallest absolute Gasteiger partial charge is 0.0769 e. The lowest BCUT2D eigenvalue weighted by Crippen LogP contribution is -2.64. The Labute approximate surface area is 75.6 Å². The van der Waals surface area contributed by atoms with E-state index in [1.54, 1.807) is 0 Å². The van der Waals surface area contributed by atoms with E-state index in [0.717, 1.165) is 19.0 Å². The number of hydrogen-bond acceptors (Lipinski definition) is 2. The van der Waals surface area contributed by atoms with Crippen LogP contribution in [0.4, 0.5) is 0 Å². The summed E-state index contributed by atoms with van der Waals surface area (Å²) < 4.78 is 0. The summed E-state index contributed by atoms with van der Waals surface area (Å²) in [6.45, 7) is 12.5. The van der Waals surface area contributed by atoms with E-state index < -0.39 is 5.60 Å². The van der Waals surface area contributed by atoms with E-state index in [2.05, 4.69) is 25.7 Å². The molecule has 1 rings (SSSR count). The molecule has 0 bridgehead atoms. The molecule has 0 radical (unpaired) electrons. The van der Waals surface area contributed by atoms with Gasteiger partial charge in [0.2, 0.25) is 0 Å². The van der Waals surface area contributed by atoms with Gasteiger partial charge in [0.25, 0.3) is 0 Å². The summed E-state index contributed by atoms with van der Waals surface area (Å²) in [5.41, 5.74) is -0.716. The molecule has 0 spiro atoms. The van der Waals surface area contributed by atoms with Crippen molar-refractivity contribution in [3.8, 4) is 0 Å². The Balaban J connectivity index is 2.61. The summed E-state index contributed by atoms with van der Waals surface area (Å²) >= 11 is 0. The topological polar surface area (TPSA) is 23.5 Å². The fourth-order valence-electron chi connectivity index (χ4n) is 1.54. The van der Waals surface area contributed by atoms with E-state index in [1.807, 2.05) is 13.8 Å². The van der Waals surface area contributed by atoms with Gasteiger partial charge in [-0.25, -0.2) is 0 Å². The summed E-state index contributed by atoms with van der Waals surface area (Å²) in [5, 5.41) is 9.93. The van der Waals surface area contributed by atoms with Crippen LogP contribution in [0.25, 0.3) is 0 Å². The molecule has 1 fully saturated rings. The zero-order chi connectivity index (χ0) is 9.57. The molecular weight excluding hydrogens is 150 g/mol. The zero-order valence-electron chi connectivity index (χ0n) is 8.89. The molecule has 0 aromatic carbocycles. The molecule has 2 heteroatoms. The molecule has 0 unspecified atom stereocenters. The molecule has 0 saturated carbocycles. The monoisotopic (exact) mass is 171 g/mol. The molecule has 0 aromatic heterocycles. The lowest BCUT2D eigenvalue weighted by molar-refractivity contribution is -0.110. The van der Waals surface area contributed by atoms with Crippen molar-refractivity contribution < 1.29 is 5.11 Å². The van der Waals surface area contributed by atoms with Crippen molar-refractivity contribution in [1.29, 1.82) is 0 Å². The largest absolute Gasteiger partial charge is 0.389 e. The highest BCUT2D eigenvalue weighted by atomic mass is 16.3. The average molecular weight is 171 g/mol. The van der Waals surface area contributed by atoms with Crippen molar-refractivity contribution in [2.75, 3.05) is 13.1 Å². The predicted molar refractivity (Wildman–Crippen MR) is 51.1 cm³/mol. The van der Waals surface area contributed by atoms with Gasteiger partial charge in [-0.15, -0.1) is 0 Å². The normalized spacial score (nSPS) is 22.5. The van der Waals surface area contributed by atoms with Crippen LogP contribution >= 0.6 is 0 Å². The molecule has 1 aliphatic rings. The molecular formula is C10H21NO. The maximum Gasteiger partial charge on any atom is 0.0769 e. The van der Waals surface area contributed by atoms with E-state index >= 15 is 0 Å². The van der Waals surface area contributed by atoms with Gasteiger partial charge in [-0.3, -0.25) is 4.90 Å². The first-order valence-corrected chi connectivity index (χ1v) is 4.72. The number of aliphatic hydroxyl groups is 1. The first-order valence-electron chi connectivity index (χ1n) is 4.72. The number of nitrogens with zero attached hydrogens (tertiary/aromatic N) is 1. The molecule has 72 valence electrons. The van der Waals surface area contributed by atoms with Crippen molar-refractivity contribution in [1.82, 2.24) is 4.90 Å². The number of rotatable bonds is 2. The van der Waals surface area contributed by atoms with Crippen LogP contribution in [0.1, 0.15) is 34.6 Å². The minimum absolute atomic E-state index is 0.0977. The van der Waals surface area contributed by atoms with Gasteiger partial charge >= 0.3 is 0 Å². The van der Waals surface area contributed by atoms with Crippen LogP contribution in [0.15, 0.2) is 0 Å². The highest BCUT2D eigenvalue weighted by Gasteiger charge is 2.44. The summed E-state index contributed by atoms with van der Waals surface area (Å²) in [6.07, 6.45) is 0. The van der Waals surface area contributed by atoms with E-state index in [1.165, 1.54) is 0 Å². The van der Waals surface area contributed by atoms with Gasteiger partial charge in [0.1, 0.15) is 0 Å². The van der Waals surface area contributed by atoms with Crippen molar-refractivity contribution in [2.24, 2.45) is 5.92 Å². The highest BCUT2D eigenvalue weighted by molar-refractivity contribution is 4.99. The van der Waals surface area contributed by atoms with Gasteiger partial charge in [-0.1, -0.05) is 6.92 Å². The Morgan fingerprint density at radius 1 is 1.17 bits per heavy atom. The minimum atomic E-state index is -0.618. The molecule has 1 N–H and O–H groups in total. The highest BCUT2D eigenvalue weighted by Crippen LogP contribution is 2.33. The maximum atomic E-state index is 9.93. The molecule has 0 amide bonds. The molecule has 1 aliphatic heterocycles. The third kappa shape index (κ3) is 1.50. The molecule has 0 aliphatic carbocycles.